The van der Waals surface area contributed by atoms with Crippen LogP contribution in [0.2, 0.25) is 0 Å². The van der Waals surface area contributed by atoms with Crippen molar-refractivity contribution in [3.05, 3.63) is 0 Å². The van der Waals surface area contributed by atoms with E-state index in [-0.39, 0.29) is 17.9 Å². The zero-order valence-corrected chi connectivity index (χ0v) is 11.1. The lowest BCUT2D eigenvalue weighted by Crippen LogP contribution is -2.43. The molecule has 4 nitrogen and oxygen atoms in total. The molecule has 0 aromatic rings. The summed E-state index contributed by atoms with van der Waals surface area (Å²) in [5, 5.41) is 0. The SMILES string of the molecule is NC(=O)[C@@H]1CCCN1C(=O)CCC1CCCCC1. The molecule has 2 N–H and O–H groups in total. The van der Waals surface area contributed by atoms with Gasteiger partial charge in [0.25, 0.3) is 0 Å². The van der Waals surface area contributed by atoms with E-state index in [4.69, 9.17) is 5.73 Å². The van der Waals surface area contributed by atoms with E-state index in [0.717, 1.165) is 25.2 Å². The van der Waals surface area contributed by atoms with Crippen LogP contribution in [-0.2, 0) is 9.59 Å². The summed E-state index contributed by atoms with van der Waals surface area (Å²) in [5.41, 5.74) is 5.33. The highest BCUT2D eigenvalue weighted by molar-refractivity contribution is 5.87. The average molecular weight is 252 g/mol. The number of hydrogen-bond acceptors (Lipinski definition) is 2. The summed E-state index contributed by atoms with van der Waals surface area (Å²) in [6.07, 6.45) is 9.74. The molecule has 2 fully saturated rings. The minimum Gasteiger partial charge on any atom is -0.368 e. The van der Waals surface area contributed by atoms with Crippen molar-refractivity contribution in [1.82, 2.24) is 4.90 Å². The Morgan fingerprint density at radius 2 is 1.78 bits per heavy atom. The lowest BCUT2D eigenvalue weighted by molar-refractivity contribution is -0.137. The molecule has 0 aromatic heterocycles. The maximum atomic E-state index is 12.1. The number of primary amides is 1. The second-order valence-electron chi connectivity index (χ2n) is 5.69. The van der Waals surface area contributed by atoms with Crippen LogP contribution in [-0.4, -0.2) is 29.3 Å². The Morgan fingerprint density at radius 1 is 1.06 bits per heavy atom. The molecule has 1 atom stereocenters. The summed E-state index contributed by atoms with van der Waals surface area (Å²) in [4.78, 5) is 25.1. The monoisotopic (exact) mass is 252 g/mol. The van der Waals surface area contributed by atoms with E-state index < -0.39 is 0 Å². The quantitative estimate of drug-likeness (QED) is 0.829. The highest BCUT2D eigenvalue weighted by Gasteiger charge is 2.32. The largest absolute Gasteiger partial charge is 0.368 e. The molecule has 1 heterocycles. The summed E-state index contributed by atoms with van der Waals surface area (Å²) in [6.45, 7) is 0.705. The first-order valence-corrected chi connectivity index (χ1v) is 7.27. The highest BCUT2D eigenvalue weighted by atomic mass is 16.2. The van der Waals surface area contributed by atoms with E-state index in [1.807, 2.05) is 0 Å². The van der Waals surface area contributed by atoms with E-state index in [2.05, 4.69) is 0 Å². The molecule has 1 aliphatic carbocycles. The smallest absolute Gasteiger partial charge is 0.240 e. The number of likely N-dealkylation sites (tertiary alicyclic amines) is 1. The first kappa shape index (κ1) is 13.4. The van der Waals surface area contributed by atoms with Crippen LogP contribution in [0.15, 0.2) is 0 Å². The number of rotatable bonds is 4. The van der Waals surface area contributed by atoms with Crippen molar-refractivity contribution in [2.24, 2.45) is 11.7 Å². The van der Waals surface area contributed by atoms with Gasteiger partial charge in [0.05, 0.1) is 0 Å². The van der Waals surface area contributed by atoms with Crippen molar-refractivity contribution < 1.29 is 9.59 Å². The molecular weight excluding hydrogens is 228 g/mol. The van der Waals surface area contributed by atoms with Gasteiger partial charge in [-0.2, -0.15) is 0 Å². The molecule has 0 aromatic carbocycles. The van der Waals surface area contributed by atoms with Gasteiger partial charge in [0.1, 0.15) is 6.04 Å². The lowest BCUT2D eigenvalue weighted by Gasteiger charge is -2.25. The van der Waals surface area contributed by atoms with Crippen molar-refractivity contribution in [2.45, 2.75) is 63.8 Å². The number of carbonyl (C=O) groups excluding carboxylic acids is 2. The first-order chi connectivity index (χ1) is 8.68. The van der Waals surface area contributed by atoms with Gasteiger partial charge in [-0.15, -0.1) is 0 Å². The van der Waals surface area contributed by atoms with Crippen molar-refractivity contribution in [3.63, 3.8) is 0 Å². The Bertz CT molecular complexity index is 311. The minimum absolute atomic E-state index is 0.127. The molecule has 1 saturated carbocycles. The summed E-state index contributed by atoms with van der Waals surface area (Å²) in [5.74, 6) is 0.498. The molecule has 0 radical (unpaired) electrons. The van der Waals surface area contributed by atoms with Crippen LogP contribution in [0.4, 0.5) is 0 Å². The number of carbonyl (C=O) groups is 2. The maximum Gasteiger partial charge on any atom is 0.240 e. The zero-order valence-electron chi connectivity index (χ0n) is 11.1. The van der Waals surface area contributed by atoms with Crippen LogP contribution < -0.4 is 5.73 Å². The van der Waals surface area contributed by atoms with Crippen LogP contribution in [0.5, 0.6) is 0 Å². The number of hydrogen-bond donors (Lipinski definition) is 1. The summed E-state index contributed by atoms with van der Waals surface area (Å²) < 4.78 is 0. The van der Waals surface area contributed by atoms with Crippen molar-refractivity contribution in [3.8, 4) is 0 Å². The predicted molar refractivity (Wildman–Crippen MR) is 69.7 cm³/mol. The molecule has 0 unspecified atom stereocenters. The van der Waals surface area contributed by atoms with E-state index >= 15 is 0 Å². The Kier molecular flexibility index (Phi) is 4.61. The second kappa shape index (κ2) is 6.21. The number of nitrogens with zero attached hydrogens (tertiary/aromatic N) is 1. The van der Waals surface area contributed by atoms with Gasteiger partial charge in [-0.3, -0.25) is 9.59 Å². The normalized spacial score (nSPS) is 25.3. The first-order valence-electron chi connectivity index (χ1n) is 7.27. The third-order valence-electron chi connectivity index (χ3n) is 4.39. The molecule has 1 aliphatic heterocycles. The average Bonchev–Trinajstić information content (AvgIpc) is 2.86. The van der Waals surface area contributed by atoms with Gasteiger partial charge >= 0.3 is 0 Å². The van der Waals surface area contributed by atoms with Gasteiger partial charge in [0.15, 0.2) is 0 Å². The van der Waals surface area contributed by atoms with Gasteiger partial charge in [0.2, 0.25) is 11.8 Å². The fraction of sp³-hybridized carbons (Fsp3) is 0.857. The minimum atomic E-state index is -0.349. The molecular formula is C14H24N2O2. The van der Waals surface area contributed by atoms with Crippen LogP contribution in [0.3, 0.4) is 0 Å². The van der Waals surface area contributed by atoms with Gasteiger partial charge in [-0.05, 0) is 25.2 Å². The number of amides is 2. The highest BCUT2D eigenvalue weighted by Crippen LogP contribution is 2.28. The van der Waals surface area contributed by atoms with Crippen LogP contribution in [0.25, 0.3) is 0 Å². The predicted octanol–water partition coefficient (Wildman–Crippen LogP) is 1.82. The van der Waals surface area contributed by atoms with E-state index in [1.54, 1.807) is 4.90 Å². The summed E-state index contributed by atoms with van der Waals surface area (Å²) in [6, 6.07) is -0.344. The molecule has 0 bridgehead atoms. The van der Waals surface area contributed by atoms with Crippen LogP contribution in [0, 0.1) is 5.92 Å². The van der Waals surface area contributed by atoms with Crippen molar-refractivity contribution in [2.75, 3.05) is 6.54 Å². The molecule has 2 amide bonds. The summed E-state index contributed by atoms with van der Waals surface area (Å²) >= 11 is 0. The van der Waals surface area contributed by atoms with Gasteiger partial charge in [0, 0.05) is 13.0 Å². The van der Waals surface area contributed by atoms with Gasteiger partial charge in [-0.1, -0.05) is 32.1 Å². The van der Waals surface area contributed by atoms with Crippen LogP contribution in [0.1, 0.15) is 57.8 Å². The van der Waals surface area contributed by atoms with E-state index in [1.165, 1.54) is 32.1 Å². The lowest BCUT2D eigenvalue weighted by atomic mass is 9.86. The molecule has 0 spiro atoms. The third kappa shape index (κ3) is 3.24. The molecule has 102 valence electrons. The topological polar surface area (TPSA) is 63.4 Å². The Balaban J connectivity index is 1.78. The fourth-order valence-corrected chi connectivity index (χ4v) is 3.31. The van der Waals surface area contributed by atoms with Gasteiger partial charge < -0.3 is 10.6 Å². The van der Waals surface area contributed by atoms with Crippen LogP contribution >= 0.6 is 0 Å². The molecule has 1 saturated heterocycles. The molecule has 4 heteroatoms. The Labute approximate surface area is 109 Å². The van der Waals surface area contributed by atoms with E-state index in [0.29, 0.717) is 13.0 Å². The Hall–Kier alpha value is -1.06. The second-order valence-corrected chi connectivity index (χ2v) is 5.69. The molecule has 2 rings (SSSR count). The fourth-order valence-electron chi connectivity index (χ4n) is 3.31. The standard InChI is InChI=1S/C14H24N2O2/c15-14(18)12-7-4-10-16(12)13(17)9-8-11-5-2-1-3-6-11/h11-12H,1-10H2,(H2,15,18)/t12-/m0/s1. The third-order valence-corrected chi connectivity index (χ3v) is 4.39. The number of nitrogens with two attached hydrogens (primary N) is 1. The Morgan fingerprint density at radius 3 is 2.44 bits per heavy atom. The zero-order chi connectivity index (χ0) is 13.0. The molecule has 2 aliphatic rings. The van der Waals surface area contributed by atoms with Gasteiger partial charge in [-0.25, -0.2) is 0 Å². The summed E-state index contributed by atoms with van der Waals surface area (Å²) in [7, 11) is 0. The molecule has 18 heavy (non-hydrogen) atoms. The van der Waals surface area contributed by atoms with Crippen molar-refractivity contribution >= 4 is 11.8 Å². The van der Waals surface area contributed by atoms with Crippen molar-refractivity contribution in [1.29, 1.82) is 0 Å². The van der Waals surface area contributed by atoms with E-state index in [9.17, 15) is 9.59 Å². The maximum absolute atomic E-state index is 12.1.